The van der Waals surface area contributed by atoms with Crippen LogP contribution in [0, 0.1) is 0 Å². The fourth-order valence-corrected chi connectivity index (χ4v) is 2.47. The summed E-state index contributed by atoms with van der Waals surface area (Å²) in [6.07, 6.45) is 5.65. The lowest BCUT2D eigenvalue weighted by atomic mass is 10.2. The largest absolute Gasteiger partial charge is 0.392 e. The van der Waals surface area contributed by atoms with Crippen molar-refractivity contribution in [3.63, 3.8) is 0 Å². The van der Waals surface area contributed by atoms with Crippen LogP contribution in [-0.2, 0) is 20.2 Å². The van der Waals surface area contributed by atoms with E-state index in [9.17, 15) is 5.11 Å². The number of nitrogens with zero attached hydrogens (tertiary/aromatic N) is 3. The standard InChI is InChI=1S/C14H14ClN3O/c1-17-5-4-16-14(17)8-18-7-10(9-19)12-3-2-11(15)6-13(12)18/h2-7,19H,8-9H2,1H3. The van der Waals surface area contributed by atoms with E-state index in [0.29, 0.717) is 11.6 Å². The van der Waals surface area contributed by atoms with Gasteiger partial charge in [0.1, 0.15) is 5.82 Å². The zero-order chi connectivity index (χ0) is 13.4. The second-order valence-electron chi connectivity index (χ2n) is 4.56. The van der Waals surface area contributed by atoms with E-state index in [1.807, 2.05) is 42.2 Å². The predicted octanol–water partition coefficient (Wildman–Crippen LogP) is 2.57. The van der Waals surface area contributed by atoms with Crippen molar-refractivity contribution >= 4 is 22.5 Å². The minimum atomic E-state index is 0.0195. The van der Waals surface area contributed by atoms with Crippen LogP contribution in [0.5, 0.6) is 0 Å². The van der Waals surface area contributed by atoms with Crippen molar-refractivity contribution in [2.45, 2.75) is 13.2 Å². The topological polar surface area (TPSA) is 43.0 Å². The van der Waals surface area contributed by atoms with Crippen LogP contribution in [0.3, 0.4) is 0 Å². The average molecular weight is 276 g/mol. The first-order valence-corrected chi connectivity index (χ1v) is 6.41. The van der Waals surface area contributed by atoms with Gasteiger partial charge in [0.05, 0.1) is 18.7 Å². The molecule has 4 nitrogen and oxygen atoms in total. The van der Waals surface area contributed by atoms with Crippen molar-refractivity contribution in [2.75, 3.05) is 0 Å². The second kappa shape index (κ2) is 4.72. The lowest BCUT2D eigenvalue weighted by Gasteiger charge is -2.05. The first-order chi connectivity index (χ1) is 9.19. The number of rotatable bonds is 3. The predicted molar refractivity (Wildman–Crippen MR) is 75.2 cm³/mol. The summed E-state index contributed by atoms with van der Waals surface area (Å²) in [5.74, 6) is 0.960. The molecule has 0 radical (unpaired) electrons. The summed E-state index contributed by atoms with van der Waals surface area (Å²) in [5, 5.41) is 11.2. The maximum atomic E-state index is 9.43. The van der Waals surface area contributed by atoms with Gasteiger partial charge < -0.3 is 14.2 Å². The SMILES string of the molecule is Cn1ccnc1Cn1cc(CO)c2ccc(Cl)cc21. The molecule has 5 heteroatoms. The number of halogens is 1. The van der Waals surface area contributed by atoms with Gasteiger partial charge in [-0.3, -0.25) is 0 Å². The van der Waals surface area contributed by atoms with Gasteiger partial charge in [0.25, 0.3) is 0 Å². The molecule has 2 aromatic heterocycles. The molecular weight excluding hydrogens is 262 g/mol. The lowest BCUT2D eigenvalue weighted by molar-refractivity contribution is 0.283. The molecule has 0 bridgehead atoms. The minimum absolute atomic E-state index is 0.0195. The van der Waals surface area contributed by atoms with E-state index in [0.717, 1.165) is 22.3 Å². The van der Waals surface area contributed by atoms with Crippen molar-refractivity contribution in [3.05, 3.63) is 53.2 Å². The monoisotopic (exact) mass is 275 g/mol. The Morgan fingerprint density at radius 1 is 1.37 bits per heavy atom. The second-order valence-corrected chi connectivity index (χ2v) is 4.99. The van der Waals surface area contributed by atoms with Crippen LogP contribution >= 0.6 is 11.6 Å². The summed E-state index contributed by atoms with van der Waals surface area (Å²) in [6.45, 7) is 0.673. The number of imidazole rings is 1. The summed E-state index contributed by atoms with van der Waals surface area (Å²) in [7, 11) is 1.97. The third kappa shape index (κ3) is 2.13. The average Bonchev–Trinajstić information content (AvgIpc) is 2.95. The zero-order valence-electron chi connectivity index (χ0n) is 10.5. The van der Waals surface area contributed by atoms with E-state index in [1.54, 1.807) is 6.20 Å². The Balaban J connectivity index is 2.12. The van der Waals surface area contributed by atoms with E-state index in [4.69, 9.17) is 11.6 Å². The number of benzene rings is 1. The van der Waals surface area contributed by atoms with Gasteiger partial charge in [0.15, 0.2) is 0 Å². The Hall–Kier alpha value is -1.78. The number of aromatic nitrogens is 3. The molecule has 3 aromatic rings. The molecule has 0 unspecified atom stereocenters. The highest BCUT2D eigenvalue weighted by molar-refractivity contribution is 6.31. The van der Waals surface area contributed by atoms with Crippen LogP contribution in [0.15, 0.2) is 36.8 Å². The van der Waals surface area contributed by atoms with Crippen molar-refractivity contribution in [2.24, 2.45) is 7.05 Å². The van der Waals surface area contributed by atoms with Crippen molar-refractivity contribution < 1.29 is 5.11 Å². The summed E-state index contributed by atoms with van der Waals surface area (Å²) >= 11 is 6.06. The van der Waals surface area contributed by atoms with Crippen LogP contribution in [0.1, 0.15) is 11.4 Å². The van der Waals surface area contributed by atoms with Crippen LogP contribution < -0.4 is 0 Å². The van der Waals surface area contributed by atoms with E-state index in [-0.39, 0.29) is 6.61 Å². The molecule has 0 atom stereocenters. The maximum absolute atomic E-state index is 9.43. The van der Waals surface area contributed by atoms with E-state index in [1.165, 1.54) is 0 Å². The van der Waals surface area contributed by atoms with Crippen LogP contribution in [0.2, 0.25) is 5.02 Å². The molecule has 0 aliphatic rings. The molecule has 3 rings (SSSR count). The Bertz CT molecular complexity index is 729. The Morgan fingerprint density at radius 3 is 2.89 bits per heavy atom. The zero-order valence-corrected chi connectivity index (χ0v) is 11.3. The third-order valence-corrected chi connectivity index (χ3v) is 3.57. The first-order valence-electron chi connectivity index (χ1n) is 6.03. The molecule has 98 valence electrons. The molecule has 19 heavy (non-hydrogen) atoms. The van der Waals surface area contributed by atoms with Gasteiger partial charge >= 0.3 is 0 Å². The highest BCUT2D eigenvalue weighted by Crippen LogP contribution is 2.25. The molecule has 1 N–H and O–H groups in total. The normalized spacial score (nSPS) is 11.3. The fourth-order valence-electron chi connectivity index (χ4n) is 2.30. The van der Waals surface area contributed by atoms with Crippen molar-refractivity contribution in [1.82, 2.24) is 14.1 Å². The minimum Gasteiger partial charge on any atom is -0.392 e. The third-order valence-electron chi connectivity index (χ3n) is 3.33. The number of hydrogen-bond acceptors (Lipinski definition) is 2. The molecule has 0 aliphatic heterocycles. The number of hydrogen-bond donors (Lipinski definition) is 1. The van der Waals surface area contributed by atoms with Crippen molar-refractivity contribution in [1.29, 1.82) is 0 Å². The number of fused-ring (bicyclic) bond motifs is 1. The number of aliphatic hydroxyl groups is 1. The van der Waals surface area contributed by atoms with Gasteiger partial charge in [-0.1, -0.05) is 17.7 Å². The molecule has 0 saturated carbocycles. The summed E-state index contributed by atoms with van der Waals surface area (Å²) in [6, 6.07) is 5.70. The van der Waals surface area contributed by atoms with Gasteiger partial charge in [-0.05, 0) is 12.1 Å². The van der Waals surface area contributed by atoms with Crippen LogP contribution in [0.4, 0.5) is 0 Å². The molecular formula is C14H14ClN3O. The Morgan fingerprint density at radius 2 is 2.21 bits per heavy atom. The first kappa shape index (κ1) is 12.3. The molecule has 0 aliphatic carbocycles. The van der Waals surface area contributed by atoms with Crippen molar-refractivity contribution in [3.8, 4) is 0 Å². The van der Waals surface area contributed by atoms with Gasteiger partial charge in [-0.2, -0.15) is 0 Å². The highest BCUT2D eigenvalue weighted by Gasteiger charge is 2.10. The van der Waals surface area contributed by atoms with Crippen LogP contribution in [-0.4, -0.2) is 19.2 Å². The van der Waals surface area contributed by atoms with Gasteiger partial charge in [0.2, 0.25) is 0 Å². The van der Waals surface area contributed by atoms with E-state index >= 15 is 0 Å². The molecule has 0 saturated heterocycles. The van der Waals surface area contributed by atoms with Gasteiger partial charge in [0, 0.05) is 41.6 Å². The molecule has 0 fully saturated rings. The van der Waals surface area contributed by atoms with Gasteiger partial charge in [-0.15, -0.1) is 0 Å². The molecule has 0 amide bonds. The molecule has 2 heterocycles. The summed E-state index contributed by atoms with van der Waals surface area (Å²) < 4.78 is 4.05. The number of aryl methyl sites for hydroxylation is 1. The molecule has 1 aromatic carbocycles. The van der Waals surface area contributed by atoms with Gasteiger partial charge in [-0.25, -0.2) is 4.98 Å². The van der Waals surface area contributed by atoms with Crippen LogP contribution in [0.25, 0.3) is 10.9 Å². The molecule has 0 spiro atoms. The Labute approximate surface area is 115 Å². The fraction of sp³-hybridized carbons (Fsp3) is 0.214. The maximum Gasteiger partial charge on any atom is 0.128 e. The Kier molecular flexibility index (Phi) is 3.05. The van der Waals surface area contributed by atoms with E-state index in [2.05, 4.69) is 9.55 Å². The highest BCUT2D eigenvalue weighted by atomic mass is 35.5. The smallest absolute Gasteiger partial charge is 0.128 e. The number of aliphatic hydroxyl groups excluding tert-OH is 1. The summed E-state index contributed by atoms with van der Waals surface area (Å²) in [4.78, 5) is 4.32. The quantitative estimate of drug-likeness (QED) is 0.798. The van der Waals surface area contributed by atoms with E-state index < -0.39 is 0 Å². The lowest BCUT2D eigenvalue weighted by Crippen LogP contribution is -2.04. The summed E-state index contributed by atoms with van der Waals surface area (Å²) in [5.41, 5.74) is 1.92.